The van der Waals surface area contributed by atoms with Crippen LogP contribution in [0.1, 0.15) is 153 Å². The summed E-state index contributed by atoms with van der Waals surface area (Å²) in [5.41, 5.74) is 14.1. The molecule has 0 unspecified atom stereocenters. The smallest absolute Gasteiger partial charge is 0.253 e. The van der Waals surface area contributed by atoms with Crippen LogP contribution in [0.3, 0.4) is 0 Å². The number of rotatable bonds is 19. The Morgan fingerprint density at radius 1 is 0.600 bits per heavy atom. The Labute approximate surface area is 502 Å². The highest BCUT2D eigenvalue weighted by Gasteiger charge is 2.31. The van der Waals surface area contributed by atoms with Gasteiger partial charge in [-0.25, -0.2) is 0 Å². The minimum Gasteiger partial charge on any atom is -0.392 e. The van der Waals surface area contributed by atoms with Gasteiger partial charge in [0.1, 0.15) is 5.69 Å². The van der Waals surface area contributed by atoms with E-state index in [2.05, 4.69) is 110 Å². The zero-order valence-corrected chi connectivity index (χ0v) is 52.3. The van der Waals surface area contributed by atoms with Crippen molar-refractivity contribution in [1.29, 1.82) is 0 Å². The number of benzene rings is 2. The molecular weight excluding hydrogens is 1070 g/mol. The number of likely N-dealkylation sites (tertiary alicyclic amines) is 1. The maximum Gasteiger partial charge on any atom is 0.253 e. The quantitative estimate of drug-likeness (QED) is 0.0481. The molecule has 3 aliphatic rings. The van der Waals surface area contributed by atoms with Gasteiger partial charge in [0.25, 0.3) is 22.9 Å². The largest absolute Gasteiger partial charge is 0.392 e. The van der Waals surface area contributed by atoms with Crippen LogP contribution in [0.2, 0.25) is 0 Å². The molecule has 17 heteroatoms. The predicted octanol–water partition coefficient (Wildman–Crippen LogP) is 9.36. The van der Waals surface area contributed by atoms with E-state index < -0.39 is 0 Å². The number of amides is 2. The zero-order valence-electron chi connectivity index (χ0n) is 52.3. The zero-order chi connectivity index (χ0) is 61.2. The highest BCUT2D eigenvalue weighted by molar-refractivity contribution is 6.00. The van der Waals surface area contributed by atoms with E-state index in [9.17, 15) is 29.1 Å². The van der Waals surface area contributed by atoms with Gasteiger partial charge in [-0.1, -0.05) is 12.1 Å². The summed E-state index contributed by atoms with van der Waals surface area (Å²) < 4.78 is 0. The summed E-state index contributed by atoms with van der Waals surface area (Å²) in [6.45, 7) is 20.1. The van der Waals surface area contributed by atoms with E-state index in [4.69, 9.17) is 4.98 Å². The molecule has 5 N–H and O–H groups in total. The van der Waals surface area contributed by atoms with Crippen LogP contribution in [0.25, 0.3) is 22.3 Å². The fourth-order valence-electron chi connectivity index (χ4n) is 13.1. The molecule has 1 aliphatic heterocycles. The van der Waals surface area contributed by atoms with Crippen molar-refractivity contribution in [2.45, 2.75) is 163 Å². The van der Waals surface area contributed by atoms with E-state index in [1.165, 1.54) is 0 Å². The van der Waals surface area contributed by atoms with Crippen LogP contribution in [-0.4, -0.2) is 142 Å². The number of aliphatic hydroxyl groups excluding tert-OH is 1. The Bertz CT molecular complexity index is 3410. The van der Waals surface area contributed by atoms with Crippen LogP contribution in [0, 0.1) is 41.5 Å². The fraction of sp³-hybridized carbons (Fsp3) is 0.485. The van der Waals surface area contributed by atoms with E-state index in [0.29, 0.717) is 65.2 Å². The van der Waals surface area contributed by atoms with Gasteiger partial charge < -0.3 is 45.3 Å². The Morgan fingerprint density at radius 2 is 1.04 bits per heavy atom. The number of aryl methyl sites for hydroxylation is 4. The molecule has 1 saturated heterocycles. The third-order valence-electron chi connectivity index (χ3n) is 18.1. The van der Waals surface area contributed by atoms with Crippen LogP contribution >= 0.6 is 0 Å². The van der Waals surface area contributed by atoms with Crippen molar-refractivity contribution in [2.24, 2.45) is 0 Å². The van der Waals surface area contributed by atoms with E-state index in [-0.39, 0.29) is 42.1 Å². The van der Waals surface area contributed by atoms with Gasteiger partial charge in [-0.15, -0.1) is 0 Å². The molecule has 2 aromatic carbocycles. The van der Waals surface area contributed by atoms with Crippen molar-refractivity contribution in [3.63, 3.8) is 0 Å². The third-order valence-corrected chi connectivity index (χ3v) is 18.1. The second-order valence-electron chi connectivity index (χ2n) is 24.3. The Kier molecular flexibility index (Phi) is 21.5. The number of anilines is 2. The summed E-state index contributed by atoms with van der Waals surface area (Å²) >= 11 is 0. The molecule has 2 aliphatic carbocycles. The molecule has 0 radical (unpaired) electrons. The second-order valence-corrected chi connectivity index (χ2v) is 24.3. The first-order valence-electron chi connectivity index (χ1n) is 30.5. The number of hydrogen-bond donors (Lipinski definition) is 5. The maximum absolute atomic E-state index is 13.9. The number of nitrogens with one attached hydrogen (secondary N) is 4. The number of carbonyl (C=O) groups is 3. The molecule has 2 amide bonds. The summed E-state index contributed by atoms with van der Waals surface area (Å²) in [6, 6.07) is 21.7. The first kappa shape index (κ1) is 63.7. The number of aliphatic hydroxyl groups is 1. The van der Waals surface area contributed by atoms with Crippen molar-refractivity contribution in [3.05, 3.63) is 161 Å². The molecule has 454 valence electrons. The fourth-order valence-corrected chi connectivity index (χ4v) is 13.1. The standard InChI is InChI=1S/C36H50N6O3.C32H41N5O3/c1-7-42(30-12-10-29(11-13-30)40(5)6)34-18-27(26-8-9-28(37-19-26)21-41-15-14-31(43)22-41)17-32(25(34)4)35(44)38-20-33-23(2)16-24(3)39-36(33)45;1-7-37(27-12-10-26(11-13-27)36(5)6)30-16-24(23-8-9-25(19-38)33-17-23)15-28(22(30)4)31(39)34-18-29-20(2)14-21(3)35-32(29)40/h8-9,16-19,29-31,43H,7,10-15,20-22H2,1-6H3,(H,38,44)(H,39,45);8-9,14-17,19,26-27H,7,10-13,18H2,1-6H3,(H,34,39)(H,35,40)/t29?,30?,31-;/m0./s1. The Balaban J connectivity index is 0.000000223. The van der Waals surface area contributed by atoms with E-state index in [1.54, 1.807) is 12.3 Å². The van der Waals surface area contributed by atoms with Crippen LogP contribution in [0.4, 0.5) is 11.4 Å². The van der Waals surface area contributed by atoms with Gasteiger partial charge in [0, 0.05) is 139 Å². The number of hydrogen-bond acceptors (Lipinski definition) is 13. The second kappa shape index (κ2) is 28.7. The number of H-pyrrole nitrogens is 2. The van der Waals surface area contributed by atoms with Crippen molar-refractivity contribution in [1.82, 2.24) is 45.3 Å². The minimum atomic E-state index is -0.257. The van der Waals surface area contributed by atoms with Crippen LogP contribution in [0.5, 0.6) is 0 Å². The van der Waals surface area contributed by atoms with E-state index in [1.807, 2.05) is 84.1 Å². The highest BCUT2D eigenvalue weighted by Crippen LogP contribution is 2.38. The molecule has 0 bridgehead atoms. The molecule has 0 spiro atoms. The van der Waals surface area contributed by atoms with Crippen molar-refractivity contribution in [2.75, 3.05) is 64.2 Å². The van der Waals surface area contributed by atoms with Crippen LogP contribution < -0.4 is 31.6 Å². The van der Waals surface area contributed by atoms with Gasteiger partial charge in [0.05, 0.1) is 11.8 Å². The van der Waals surface area contributed by atoms with Gasteiger partial charge in [-0.2, -0.15) is 0 Å². The molecule has 9 rings (SSSR count). The normalized spacial score (nSPS) is 18.9. The average molecular weight is 1160 g/mol. The number of pyridine rings is 4. The van der Waals surface area contributed by atoms with Gasteiger partial charge in [-0.05, 0) is 223 Å². The molecule has 85 heavy (non-hydrogen) atoms. The van der Waals surface area contributed by atoms with Crippen LogP contribution in [-0.2, 0) is 19.6 Å². The van der Waals surface area contributed by atoms with Crippen LogP contribution in [0.15, 0.2) is 82.6 Å². The lowest BCUT2D eigenvalue weighted by molar-refractivity contribution is 0.0942. The third kappa shape index (κ3) is 15.6. The SMILES string of the molecule is CCN(c1cc(-c2ccc(C=O)nc2)cc(C(=O)NCc2c(C)cc(C)[nH]c2=O)c1C)C1CCC(N(C)C)CC1.CCN(c1cc(-c2ccc(CN3CC[C@H](O)C3)nc2)cc(C(=O)NCc2c(C)cc(C)[nH]c2=O)c1C)C1CCC(N(C)C)CC1. The summed E-state index contributed by atoms with van der Waals surface area (Å²) in [5, 5.41) is 15.9. The number of carbonyl (C=O) groups excluding carboxylic acids is 3. The lowest BCUT2D eigenvalue weighted by Gasteiger charge is -2.40. The lowest BCUT2D eigenvalue weighted by atomic mass is 9.88. The summed E-state index contributed by atoms with van der Waals surface area (Å²) in [4.78, 5) is 90.4. The van der Waals surface area contributed by atoms with E-state index in [0.717, 1.165) is 157 Å². The van der Waals surface area contributed by atoms with Gasteiger partial charge in [0.15, 0.2) is 6.29 Å². The van der Waals surface area contributed by atoms with Gasteiger partial charge >= 0.3 is 0 Å². The molecule has 17 nitrogen and oxygen atoms in total. The minimum absolute atomic E-state index is 0.140. The molecule has 1 atom stereocenters. The number of aldehydes is 1. The molecule has 2 saturated carbocycles. The number of aromatic amines is 2. The number of β-amino-alcohol motifs (C(OH)–C–C–N with tert-alkyl or cyclic N) is 1. The molecule has 3 fully saturated rings. The Hall–Kier alpha value is -7.31. The summed E-state index contributed by atoms with van der Waals surface area (Å²) in [6.07, 6.45) is 13.8. The molecule has 6 aromatic rings. The highest BCUT2D eigenvalue weighted by atomic mass is 16.3. The van der Waals surface area contributed by atoms with Crippen molar-refractivity contribution in [3.8, 4) is 22.3 Å². The predicted molar refractivity (Wildman–Crippen MR) is 341 cm³/mol. The van der Waals surface area contributed by atoms with Gasteiger partial charge in [-0.3, -0.25) is 38.8 Å². The number of aromatic nitrogens is 4. The van der Waals surface area contributed by atoms with Crippen molar-refractivity contribution < 1.29 is 19.5 Å². The Morgan fingerprint density at radius 3 is 1.39 bits per heavy atom. The van der Waals surface area contributed by atoms with E-state index >= 15 is 0 Å². The topological polar surface area (TPSA) is 203 Å². The maximum atomic E-state index is 13.9. The van der Waals surface area contributed by atoms with Gasteiger partial charge in [0.2, 0.25) is 0 Å². The number of nitrogens with zero attached hydrogens (tertiary/aromatic N) is 7. The summed E-state index contributed by atoms with van der Waals surface area (Å²) in [5.74, 6) is -0.427. The lowest BCUT2D eigenvalue weighted by Crippen LogP contribution is -2.42. The van der Waals surface area contributed by atoms with Crippen molar-refractivity contribution >= 4 is 29.5 Å². The summed E-state index contributed by atoms with van der Waals surface area (Å²) in [7, 11) is 8.63. The average Bonchev–Trinajstić information content (AvgIpc) is 3.40. The molecule has 4 aromatic heterocycles. The molecule has 5 heterocycles. The first-order chi connectivity index (χ1) is 40.7. The monoisotopic (exact) mass is 1160 g/mol. The molecular formula is C68H91N11O6. The first-order valence-corrected chi connectivity index (χ1v) is 30.5.